The van der Waals surface area contributed by atoms with E-state index >= 15 is 0 Å². The smallest absolute Gasteiger partial charge is 0.255 e. The lowest BCUT2D eigenvalue weighted by molar-refractivity contribution is 0.260. The molecule has 1 aliphatic heterocycles. The summed E-state index contributed by atoms with van der Waals surface area (Å²) < 4.78 is 1.63. The fraction of sp³-hybridized carbons (Fsp3) is 0.545. The third-order valence-corrected chi connectivity index (χ3v) is 3.34. The van der Waals surface area contributed by atoms with Gasteiger partial charge >= 0.3 is 0 Å². The second-order valence-electron chi connectivity index (χ2n) is 4.68. The average Bonchev–Trinajstić information content (AvgIpc) is 2.70. The largest absolute Gasteiger partial charge is 0.349 e. The number of hydrogen-bond acceptors (Lipinski definition) is 5. The Morgan fingerprint density at radius 3 is 3.17 bits per heavy atom. The van der Waals surface area contributed by atoms with Crippen LogP contribution in [0.5, 0.6) is 0 Å². The van der Waals surface area contributed by atoms with Crippen LogP contribution in [0.25, 0.3) is 5.78 Å². The normalized spacial score (nSPS) is 21.3. The molecule has 1 atom stereocenters. The zero-order valence-corrected chi connectivity index (χ0v) is 10.9. The minimum absolute atomic E-state index is 0.400. The highest BCUT2D eigenvalue weighted by atomic mass is 35.5. The number of aromatic nitrogens is 4. The molecule has 3 rings (SSSR count). The molecule has 1 N–H and O–H groups in total. The summed E-state index contributed by atoms with van der Waals surface area (Å²) in [4.78, 5) is 10.7. The summed E-state index contributed by atoms with van der Waals surface area (Å²) in [6.45, 7) is 2.18. The van der Waals surface area contributed by atoms with Crippen LogP contribution in [0.2, 0.25) is 5.15 Å². The number of halogens is 1. The number of fused-ring (bicyclic) bond motifs is 1. The minimum atomic E-state index is 0.400. The number of nitrogens with zero attached hydrogens (tertiary/aromatic N) is 5. The number of likely N-dealkylation sites (tertiary alicyclic amines) is 1. The Kier molecular flexibility index (Phi) is 3.05. The first kappa shape index (κ1) is 11.7. The quantitative estimate of drug-likeness (QED) is 0.830. The van der Waals surface area contributed by atoms with Gasteiger partial charge in [-0.2, -0.15) is 9.97 Å². The number of hydrogen-bond donors (Lipinski definition) is 1. The van der Waals surface area contributed by atoms with Gasteiger partial charge in [0.25, 0.3) is 5.78 Å². The maximum Gasteiger partial charge on any atom is 0.255 e. The molecule has 6 nitrogen and oxygen atoms in total. The highest BCUT2D eigenvalue weighted by Crippen LogP contribution is 2.13. The van der Waals surface area contributed by atoms with Gasteiger partial charge in [-0.25, -0.2) is 4.52 Å². The predicted molar refractivity (Wildman–Crippen MR) is 69.9 cm³/mol. The molecule has 3 heterocycles. The van der Waals surface area contributed by atoms with Gasteiger partial charge in [0.1, 0.15) is 5.15 Å². The van der Waals surface area contributed by atoms with Crippen LogP contribution in [-0.4, -0.2) is 50.7 Å². The first-order valence-corrected chi connectivity index (χ1v) is 6.42. The molecule has 1 unspecified atom stereocenters. The van der Waals surface area contributed by atoms with Crippen molar-refractivity contribution < 1.29 is 0 Å². The topological polar surface area (TPSA) is 58.3 Å². The summed E-state index contributed by atoms with van der Waals surface area (Å²) in [5, 5.41) is 8.11. The summed E-state index contributed by atoms with van der Waals surface area (Å²) in [6.07, 6.45) is 4.11. The molecule has 0 radical (unpaired) electrons. The number of nitrogens with one attached hydrogen (secondary N) is 1. The molecule has 1 fully saturated rings. The van der Waals surface area contributed by atoms with Crippen LogP contribution in [0.3, 0.4) is 0 Å². The van der Waals surface area contributed by atoms with E-state index in [2.05, 4.69) is 32.3 Å². The van der Waals surface area contributed by atoms with Crippen molar-refractivity contribution in [3.05, 3.63) is 17.4 Å². The van der Waals surface area contributed by atoms with E-state index in [1.807, 2.05) is 0 Å². The van der Waals surface area contributed by atoms with Gasteiger partial charge in [0.05, 0.1) is 0 Å². The van der Waals surface area contributed by atoms with Gasteiger partial charge in [-0.15, -0.1) is 5.10 Å². The lowest BCUT2D eigenvalue weighted by Gasteiger charge is -2.29. The zero-order chi connectivity index (χ0) is 12.5. The fourth-order valence-electron chi connectivity index (χ4n) is 2.28. The molecular weight excluding hydrogens is 252 g/mol. The first-order chi connectivity index (χ1) is 8.70. The number of likely N-dealkylation sites (N-methyl/N-ethyl adjacent to an activating group) is 1. The Bertz CT molecular complexity index is 553. The Morgan fingerprint density at radius 1 is 1.44 bits per heavy atom. The SMILES string of the molecule is CN1CCCC(Nc2nc3nc(Cl)ccn3n2)C1. The number of anilines is 1. The molecule has 0 aromatic carbocycles. The van der Waals surface area contributed by atoms with E-state index in [4.69, 9.17) is 11.6 Å². The Morgan fingerprint density at radius 2 is 2.33 bits per heavy atom. The summed E-state index contributed by atoms with van der Waals surface area (Å²) in [5.41, 5.74) is 0. The van der Waals surface area contributed by atoms with Crippen molar-refractivity contribution in [3.8, 4) is 0 Å². The van der Waals surface area contributed by atoms with Crippen molar-refractivity contribution >= 4 is 23.3 Å². The van der Waals surface area contributed by atoms with Crippen LogP contribution in [0.15, 0.2) is 12.3 Å². The van der Waals surface area contributed by atoms with Crippen LogP contribution in [0.4, 0.5) is 5.95 Å². The number of piperidine rings is 1. The maximum atomic E-state index is 5.82. The van der Waals surface area contributed by atoms with E-state index in [9.17, 15) is 0 Å². The van der Waals surface area contributed by atoms with Crippen LogP contribution < -0.4 is 5.32 Å². The van der Waals surface area contributed by atoms with Gasteiger partial charge < -0.3 is 10.2 Å². The standard InChI is InChI=1S/C11H15ClN6/c1-17-5-2-3-8(7-17)13-10-15-11-14-9(12)4-6-18(11)16-10/h4,6,8H,2-3,5,7H2,1H3,(H,13,16). The van der Waals surface area contributed by atoms with Crippen molar-refractivity contribution in [2.45, 2.75) is 18.9 Å². The van der Waals surface area contributed by atoms with Crippen molar-refractivity contribution in [1.82, 2.24) is 24.5 Å². The van der Waals surface area contributed by atoms with Gasteiger partial charge in [0.15, 0.2) is 0 Å². The van der Waals surface area contributed by atoms with Crippen molar-refractivity contribution in [3.63, 3.8) is 0 Å². The van der Waals surface area contributed by atoms with Crippen molar-refractivity contribution in [2.75, 3.05) is 25.5 Å². The van der Waals surface area contributed by atoms with Crippen LogP contribution >= 0.6 is 11.6 Å². The van der Waals surface area contributed by atoms with Crippen LogP contribution in [-0.2, 0) is 0 Å². The van der Waals surface area contributed by atoms with Crippen LogP contribution in [0, 0.1) is 0 Å². The van der Waals surface area contributed by atoms with E-state index in [1.54, 1.807) is 16.8 Å². The summed E-state index contributed by atoms with van der Waals surface area (Å²) in [5.74, 6) is 1.14. The molecule has 0 spiro atoms. The third-order valence-electron chi connectivity index (χ3n) is 3.13. The summed E-state index contributed by atoms with van der Waals surface area (Å²) in [6, 6.07) is 2.10. The fourth-order valence-corrected chi connectivity index (χ4v) is 2.42. The summed E-state index contributed by atoms with van der Waals surface area (Å²) in [7, 11) is 2.13. The molecule has 0 amide bonds. The highest BCUT2D eigenvalue weighted by molar-refractivity contribution is 6.29. The van der Waals surface area contributed by atoms with E-state index < -0.39 is 0 Å². The van der Waals surface area contributed by atoms with Crippen LogP contribution in [0.1, 0.15) is 12.8 Å². The molecule has 96 valence electrons. The van der Waals surface area contributed by atoms with E-state index in [-0.39, 0.29) is 0 Å². The molecular formula is C11H15ClN6. The Labute approximate surface area is 110 Å². The minimum Gasteiger partial charge on any atom is -0.349 e. The molecule has 7 heteroatoms. The van der Waals surface area contributed by atoms with Gasteiger partial charge in [-0.3, -0.25) is 0 Å². The van der Waals surface area contributed by atoms with Gasteiger partial charge in [0.2, 0.25) is 5.95 Å². The number of rotatable bonds is 2. The molecule has 0 bridgehead atoms. The zero-order valence-electron chi connectivity index (χ0n) is 10.2. The molecule has 0 aliphatic carbocycles. The molecule has 0 saturated carbocycles. The van der Waals surface area contributed by atoms with Crippen molar-refractivity contribution in [1.29, 1.82) is 0 Å². The molecule has 2 aromatic heterocycles. The molecule has 1 saturated heterocycles. The molecule has 1 aliphatic rings. The Hall–Kier alpha value is -1.40. The lowest BCUT2D eigenvalue weighted by atomic mass is 10.1. The second kappa shape index (κ2) is 4.70. The highest BCUT2D eigenvalue weighted by Gasteiger charge is 2.18. The summed E-state index contributed by atoms with van der Waals surface area (Å²) >= 11 is 5.82. The van der Waals surface area contributed by atoms with E-state index in [0.717, 1.165) is 19.5 Å². The van der Waals surface area contributed by atoms with E-state index in [0.29, 0.717) is 22.9 Å². The van der Waals surface area contributed by atoms with Gasteiger partial charge in [-0.1, -0.05) is 11.6 Å². The van der Waals surface area contributed by atoms with Gasteiger partial charge in [-0.05, 0) is 32.5 Å². The maximum absolute atomic E-state index is 5.82. The van der Waals surface area contributed by atoms with E-state index in [1.165, 1.54) is 6.42 Å². The average molecular weight is 267 g/mol. The Balaban J connectivity index is 1.78. The second-order valence-corrected chi connectivity index (χ2v) is 5.06. The molecule has 18 heavy (non-hydrogen) atoms. The molecule has 2 aromatic rings. The lowest BCUT2D eigenvalue weighted by Crippen LogP contribution is -2.39. The van der Waals surface area contributed by atoms with Crippen molar-refractivity contribution in [2.24, 2.45) is 0 Å². The first-order valence-electron chi connectivity index (χ1n) is 6.05. The van der Waals surface area contributed by atoms with Gasteiger partial charge in [0, 0.05) is 18.8 Å². The predicted octanol–water partition coefficient (Wildman–Crippen LogP) is 1.28. The monoisotopic (exact) mass is 266 g/mol. The third kappa shape index (κ3) is 2.39.